The summed E-state index contributed by atoms with van der Waals surface area (Å²) in [6, 6.07) is 22.2. The molecule has 6 rings (SSSR count). The summed E-state index contributed by atoms with van der Waals surface area (Å²) in [5, 5.41) is 5.16. The molecule has 10 nitrogen and oxygen atoms in total. The molecule has 4 aromatic rings. The molecule has 0 aliphatic carbocycles. The first-order valence-corrected chi connectivity index (χ1v) is 24.2. The third-order valence-electron chi connectivity index (χ3n) is 10.7. The normalized spacial score (nSPS) is 17.7. The van der Waals surface area contributed by atoms with Crippen LogP contribution in [0.1, 0.15) is 98.7 Å². The lowest BCUT2D eigenvalue weighted by Gasteiger charge is -2.33. The highest BCUT2D eigenvalue weighted by Gasteiger charge is 2.35. The Morgan fingerprint density at radius 1 is 0.613 bits per heavy atom. The van der Waals surface area contributed by atoms with Gasteiger partial charge in [-0.3, -0.25) is 9.59 Å². The molecule has 0 radical (unpaired) electrons. The van der Waals surface area contributed by atoms with Gasteiger partial charge in [0.1, 0.15) is 23.2 Å². The topological polar surface area (TPSA) is 84.0 Å². The molecule has 16 heteroatoms. The van der Waals surface area contributed by atoms with Crippen molar-refractivity contribution >= 4 is 81.0 Å². The lowest BCUT2D eigenvalue weighted by atomic mass is 10.1. The van der Waals surface area contributed by atoms with Crippen molar-refractivity contribution in [3.05, 3.63) is 139 Å². The van der Waals surface area contributed by atoms with Crippen molar-refractivity contribution < 1.29 is 28.5 Å². The predicted molar refractivity (Wildman–Crippen MR) is 250 cm³/mol. The number of hydrogen-bond donors (Lipinski definition) is 0. The second-order valence-electron chi connectivity index (χ2n) is 15.3. The Kier molecular flexibility index (Phi) is 18.2. The summed E-state index contributed by atoms with van der Waals surface area (Å²) in [5.74, 6) is -1.23. The number of hydrogen-bond acceptors (Lipinski definition) is 12. The lowest BCUT2D eigenvalue weighted by Crippen LogP contribution is -2.38. The number of alkyl halides is 2. The Labute approximate surface area is 393 Å². The van der Waals surface area contributed by atoms with Crippen LogP contribution in [0.25, 0.3) is 0 Å². The summed E-state index contributed by atoms with van der Waals surface area (Å²) in [7, 11) is 0. The van der Waals surface area contributed by atoms with E-state index in [0.717, 1.165) is 22.6 Å². The highest BCUT2D eigenvalue weighted by atomic mass is 35.5. The molecule has 2 aliphatic rings. The number of ether oxygens (including phenoxy) is 4. The summed E-state index contributed by atoms with van der Waals surface area (Å²) in [6.07, 6.45) is 7.19. The molecule has 2 aromatic heterocycles. The fraction of sp³-hybridized carbons (Fsp3) is 0.435. The van der Waals surface area contributed by atoms with Crippen LogP contribution in [-0.2, 0) is 28.5 Å². The first kappa shape index (κ1) is 48.0. The summed E-state index contributed by atoms with van der Waals surface area (Å²) >= 11 is 30.1. The molecule has 0 amide bonds. The standard InChI is InChI=1S/C46H54Cl4N4O6S2/c1-5-31(3)57-37(39-9-7-25-61-39)27-51-21-23-53(29-51)45(49)43(33-11-15-35(47)16-12-33)59-41(55)19-20-42(56)60-44(34-13-17-36(48)18-14-34)46(50)54-24-22-52(30-54)28-38(58-32(4)6-2)40-10-8-26-62-40/h7-18,21-26,31-32,37-38,43-46H,5-6,19-20,27-30H2,1-4H3. The second kappa shape index (κ2) is 23.5. The second-order valence-corrected chi connectivity index (χ2v) is 19.1. The molecule has 334 valence electrons. The summed E-state index contributed by atoms with van der Waals surface area (Å²) in [5.41, 5.74) is -0.263. The molecule has 0 N–H and O–H groups in total. The summed E-state index contributed by atoms with van der Waals surface area (Å²) in [4.78, 5) is 37.5. The molecule has 2 aromatic carbocycles. The highest BCUT2D eigenvalue weighted by molar-refractivity contribution is 7.10. The van der Waals surface area contributed by atoms with Crippen molar-refractivity contribution in [1.82, 2.24) is 19.6 Å². The minimum atomic E-state index is -0.888. The fourth-order valence-electron chi connectivity index (χ4n) is 6.88. The maximum Gasteiger partial charge on any atom is 0.307 e. The number of carbonyl (C=O) groups excluding carboxylic acids is 2. The minimum absolute atomic E-state index is 0.0968. The van der Waals surface area contributed by atoms with Gasteiger partial charge in [0.25, 0.3) is 0 Å². The van der Waals surface area contributed by atoms with Gasteiger partial charge in [0.05, 0.1) is 51.5 Å². The van der Waals surface area contributed by atoms with Crippen LogP contribution >= 0.6 is 69.1 Å². The third kappa shape index (κ3) is 13.5. The van der Waals surface area contributed by atoms with Gasteiger partial charge in [-0.1, -0.05) is 96.6 Å². The molecule has 0 saturated carbocycles. The maximum absolute atomic E-state index is 13.6. The van der Waals surface area contributed by atoms with Crippen LogP contribution in [0.3, 0.4) is 0 Å². The number of nitrogens with zero attached hydrogens (tertiary/aromatic N) is 4. The van der Waals surface area contributed by atoms with Gasteiger partial charge < -0.3 is 38.5 Å². The SMILES string of the molecule is CCC(C)OC(CN1C=CN(C(Cl)C(OC(=O)CCC(=O)OC(c2ccc(Cl)cc2)C(Cl)N2C=CN(CC(OC(C)CC)c3cccs3)C2)c2ccc(Cl)cc2)C1)c1cccs1. The Hall–Kier alpha value is -3.46. The van der Waals surface area contributed by atoms with E-state index in [1.165, 1.54) is 0 Å². The van der Waals surface area contributed by atoms with E-state index in [9.17, 15) is 9.59 Å². The Morgan fingerprint density at radius 2 is 1.00 bits per heavy atom. The van der Waals surface area contributed by atoms with Crippen molar-refractivity contribution in [2.75, 3.05) is 26.4 Å². The van der Waals surface area contributed by atoms with Crippen LogP contribution in [-0.4, -0.2) is 81.2 Å². The predicted octanol–water partition coefficient (Wildman–Crippen LogP) is 12.1. The van der Waals surface area contributed by atoms with Crippen LogP contribution in [0.4, 0.5) is 0 Å². The van der Waals surface area contributed by atoms with E-state index in [1.807, 2.05) is 57.5 Å². The summed E-state index contributed by atoms with van der Waals surface area (Å²) < 4.78 is 24.9. The molecule has 4 heterocycles. The van der Waals surface area contributed by atoms with E-state index in [4.69, 9.17) is 65.4 Å². The van der Waals surface area contributed by atoms with Gasteiger partial charge in [0, 0.05) is 44.6 Å². The van der Waals surface area contributed by atoms with Crippen LogP contribution in [0.5, 0.6) is 0 Å². The van der Waals surface area contributed by atoms with Crippen LogP contribution in [0, 0.1) is 0 Å². The van der Waals surface area contributed by atoms with E-state index >= 15 is 0 Å². The van der Waals surface area contributed by atoms with Gasteiger partial charge in [-0.05, 0) is 85.0 Å². The number of benzene rings is 2. The number of carbonyl (C=O) groups is 2. The van der Waals surface area contributed by atoms with E-state index < -0.39 is 35.1 Å². The van der Waals surface area contributed by atoms with E-state index in [1.54, 1.807) is 71.2 Å². The number of esters is 2. The van der Waals surface area contributed by atoms with Crippen molar-refractivity contribution in [1.29, 1.82) is 0 Å². The number of halogens is 4. The van der Waals surface area contributed by atoms with Gasteiger partial charge in [-0.15, -0.1) is 22.7 Å². The molecule has 8 unspecified atom stereocenters. The average molecular weight is 965 g/mol. The smallest absolute Gasteiger partial charge is 0.307 e. The van der Waals surface area contributed by atoms with Gasteiger partial charge in [0.2, 0.25) is 0 Å². The van der Waals surface area contributed by atoms with Crippen molar-refractivity contribution in [2.24, 2.45) is 0 Å². The lowest BCUT2D eigenvalue weighted by molar-refractivity contribution is -0.158. The minimum Gasteiger partial charge on any atom is -0.454 e. The fourth-order valence-corrected chi connectivity index (χ4v) is 9.28. The zero-order chi connectivity index (χ0) is 44.2. The maximum atomic E-state index is 13.6. The molecule has 8 atom stereocenters. The zero-order valence-corrected chi connectivity index (χ0v) is 39.9. The van der Waals surface area contributed by atoms with Crippen molar-refractivity contribution in [2.45, 2.75) is 101 Å². The Balaban J connectivity index is 1.07. The summed E-state index contributed by atoms with van der Waals surface area (Å²) in [6.45, 7) is 10.5. The quantitative estimate of drug-likeness (QED) is 0.0407. The number of thiophene rings is 2. The molecule has 0 saturated heterocycles. The molecule has 0 fully saturated rings. The Bertz CT molecular complexity index is 1900. The first-order valence-electron chi connectivity index (χ1n) is 20.8. The first-order chi connectivity index (χ1) is 29.9. The van der Waals surface area contributed by atoms with E-state index in [-0.39, 0.29) is 37.3 Å². The molecule has 0 bridgehead atoms. The average Bonchev–Trinajstić information content (AvgIpc) is 4.13. The largest absolute Gasteiger partial charge is 0.454 e. The number of rotatable bonds is 23. The highest BCUT2D eigenvalue weighted by Crippen LogP contribution is 2.35. The third-order valence-corrected chi connectivity index (χ3v) is 14.1. The molecule has 2 aliphatic heterocycles. The monoisotopic (exact) mass is 962 g/mol. The molecular weight excluding hydrogens is 910 g/mol. The zero-order valence-electron chi connectivity index (χ0n) is 35.2. The van der Waals surface area contributed by atoms with Gasteiger partial charge in [-0.2, -0.15) is 0 Å². The van der Waals surface area contributed by atoms with Crippen LogP contribution in [0.2, 0.25) is 10.0 Å². The van der Waals surface area contributed by atoms with Crippen molar-refractivity contribution in [3.63, 3.8) is 0 Å². The molecular formula is C46H54Cl4N4O6S2. The molecule has 0 spiro atoms. The van der Waals surface area contributed by atoms with Crippen LogP contribution < -0.4 is 0 Å². The van der Waals surface area contributed by atoms with Gasteiger partial charge >= 0.3 is 11.9 Å². The van der Waals surface area contributed by atoms with Gasteiger partial charge in [0.15, 0.2) is 12.2 Å². The van der Waals surface area contributed by atoms with Crippen molar-refractivity contribution in [3.8, 4) is 0 Å². The Morgan fingerprint density at radius 3 is 1.34 bits per heavy atom. The van der Waals surface area contributed by atoms with Gasteiger partial charge in [-0.25, -0.2) is 0 Å². The van der Waals surface area contributed by atoms with E-state index in [0.29, 0.717) is 47.6 Å². The van der Waals surface area contributed by atoms with E-state index in [2.05, 4.69) is 49.6 Å². The van der Waals surface area contributed by atoms with Crippen LogP contribution in [0.15, 0.2) is 108 Å². The molecule has 62 heavy (non-hydrogen) atoms.